The van der Waals surface area contributed by atoms with Crippen LogP contribution in [0.15, 0.2) is 24.3 Å². The van der Waals surface area contributed by atoms with E-state index >= 15 is 0 Å². The van der Waals surface area contributed by atoms with Crippen LogP contribution >= 0.6 is 0 Å². The van der Waals surface area contributed by atoms with Crippen LogP contribution < -0.4 is 10.0 Å². The number of hydrogen-bond donors (Lipinski definition) is 2. The molecule has 0 radical (unpaired) electrons. The smallest absolute Gasteiger partial charge is 0.232 e. The molecule has 2 rings (SSSR count). The molecule has 1 aromatic carbocycles. The van der Waals surface area contributed by atoms with Crippen LogP contribution in [0.25, 0.3) is 0 Å². The Labute approximate surface area is 122 Å². The summed E-state index contributed by atoms with van der Waals surface area (Å²) < 4.78 is 27.1. The Kier molecular flexibility index (Phi) is 5.43. The second-order valence-electron chi connectivity index (χ2n) is 5.37. The third-order valence-corrected chi connectivity index (χ3v) is 5.12. The first-order chi connectivity index (χ1) is 9.61. The second-order valence-corrected chi connectivity index (χ2v) is 7.21. The maximum absolute atomic E-state index is 12.2. The molecule has 0 aromatic heterocycles. The SMILES string of the molecule is CCc1ccccc1NS(=O)(=O)CCC1CCCCN1. The zero-order chi connectivity index (χ0) is 14.4. The van der Waals surface area contributed by atoms with Crippen LogP contribution in [0, 0.1) is 0 Å². The summed E-state index contributed by atoms with van der Waals surface area (Å²) in [5, 5.41) is 3.39. The first kappa shape index (κ1) is 15.3. The minimum atomic E-state index is -3.26. The third-order valence-electron chi connectivity index (χ3n) is 3.81. The molecule has 1 heterocycles. The lowest BCUT2D eigenvalue weighted by Crippen LogP contribution is -2.36. The summed E-state index contributed by atoms with van der Waals surface area (Å²) in [6, 6.07) is 7.93. The van der Waals surface area contributed by atoms with Gasteiger partial charge < -0.3 is 5.32 Å². The number of hydrogen-bond acceptors (Lipinski definition) is 3. The average Bonchev–Trinajstić information content (AvgIpc) is 2.47. The molecule has 1 atom stereocenters. The highest BCUT2D eigenvalue weighted by Crippen LogP contribution is 2.18. The summed E-state index contributed by atoms with van der Waals surface area (Å²) in [6.45, 7) is 3.04. The highest BCUT2D eigenvalue weighted by molar-refractivity contribution is 7.92. The van der Waals surface area contributed by atoms with E-state index < -0.39 is 10.0 Å². The highest BCUT2D eigenvalue weighted by atomic mass is 32.2. The third kappa shape index (κ3) is 4.49. The maximum Gasteiger partial charge on any atom is 0.232 e. The number of para-hydroxylation sites is 1. The number of benzene rings is 1. The van der Waals surface area contributed by atoms with Gasteiger partial charge in [0.25, 0.3) is 0 Å². The molecule has 20 heavy (non-hydrogen) atoms. The Balaban J connectivity index is 1.93. The molecular weight excluding hydrogens is 272 g/mol. The van der Waals surface area contributed by atoms with Gasteiger partial charge in [0.2, 0.25) is 10.0 Å². The summed E-state index contributed by atoms with van der Waals surface area (Å²) in [7, 11) is -3.26. The molecule has 0 spiro atoms. The van der Waals surface area contributed by atoms with E-state index in [1.165, 1.54) is 12.8 Å². The normalized spacial score (nSPS) is 19.8. The minimum Gasteiger partial charge on any atom is -0.314 e. The Morgan fingerprint density at radius 3 is 2.80 bits per heavy atom. The number of piperidine rings is 1. The van der Waals surface area contributed by atoms with Crippen molar-refractivity contribution in [2.75, 3.05) is 17.0 Å². The highest BCUT2D eigenvalue weighted by Gasteiger charge is 2.18. The van der Waals surface area contributed by atoms with Crippen molar-refractivity contribution in [2.24, 2.45) is 0 Å². The number of sulfonamides is 1. The molecule has 0 amide bonds. The van der Waals surface area contributed by atoms with Gasteiger partial charge >= 0.3 is 0 Å². The van der Waals surface area contributed by atoms with Crippen molar-refractivity contribution in [1.82, 2.24) is 5.32 Å². The molecule has 0 saturated carbocycles. The Bertz CT molecular complexity index is 522. The van der Waals surface area contributed by atoms with Gasteiger partial charge in [-0.15, -0.1) is 0 Å². The molecule has 0 bridgehead atoms. The molecular formula is C15H24N2O2S. The molecule has 1 aliphatic heterocycles. The Hall–Kier alpha value is -1.07. The van der Waals surface area contributed by atoms with Crippen molar-refractivity contribution in [3.05, 3.63) is 29.8 Å². The fourth-order valence-corrected chi connectivity index (χ4v) is 3.85. The first-order valence-electron chi connectivity index (χ1n) is 7.42. The fraction of sp³-hybridized carbons (Fsp3) is 0.600. The predicted octanol–water partition coefficient (Wildman–Crippen LogP) is 2.52. The molecule has 2 N–H and O–H groups in total. The molecule has 1 fully saturated rings. The van der Waals surface area contributed by atoms with Crippen LogP contribution in [0.3, 0.4) is 0 Å². The van der Waals surface area contributed by atoms with Gasteiger partial charge in [-0.2, -0.15) is 0 Å². The van der Waals surface area contributed by atoms with Crippen molar-refractivity contribution in [3.8, 4) is 0 Å². The van der Waals surface area contributed by atoms with Crippen molar-refractivity contribution >= 4 is 15.7 Å². The summed E-state index contributed by atoms with van der Waals surface area (Å²) in [6.07, 6.45) is 4.99. The molecule has 4 nitrogen and oxygen atoms in total. The molecule has 5 heteroatoms. The predicted molar refractivity (Wildman–Crippen MR) is 83.5 cm³/mol. The fourth-order valence-electron chi connectivity index (χ4n) is 2.61. The Morgan fingerprint density at radius 1 is 1.30 bits per heavy atom. The van der Waals surface area contributed by atoms with E-state index in [2.05, 4.69) is 10.0 Å². The second kappa shape index (κ2) is 7.09. The standard InChI is InChI=1S/C15H24N2O2S/c1-2-13-7-3-4-9-15(13)17-20(18,19)12-10-14-8-5-6-11-16-14/h3-4,7,9,14,16-17H,2,5-6,8,10-12H2,1H3. The zero-order valence-corrected chi connectivity index (χ0v) is 12.9. The lowest BCUT2D eigenvalue weighted by atomic mass is 10.0. The van der Waals surface area contributed by atoms with E-state index in [1.54, 1.807) is 0 Å². The van der Waals surface area contributed by atoms with Crippen molar-refractivity contribution < 1.29 is 8.42 Å². The number of aryl methyl sites for hydroxylation is 1. The van der Waals surface area contributed by atoms with Gasteiger partial charge in [0.1, 0.15) is 0 Å². The minimum absolute atomic E-state index is 0.183. The summed E-state index contributed by atoms with van der Waals surface area (Å²) in [4.78, 5) is 0. The lowest BCUT2D eigenvalue weighted by molar-refractivity contribution is 0.393. The molecule has 112 valence electrons. The van der Waals surface area contributed by atoms with Gasteiger partial charge in [0.05, 0.1) is 11.4 Å². The van der Waals surface area contributed by atoms with E-state index in [9.17, 15) is 8.42 Å². The van der Waals surface area contributed by atoms with Crippen LogP contribution in [-0.2, 0) is 16.4 Å². The number of nitrogens with one attached hydrogen (secondary N) is 2. The lowest BCUT2D eigenvalue weighted by Gasteiger charge is -2.23. The molecule has 1 aliphatic rings. The molecule has 0 aliphatic carbocycles. The number of rotatable bonds is 6. The van der Waals surface area contributed by atoms with Crippen LogP contribution in [0.4, 0.5) is 5.69 Å². The van der Waals surface area contributed by atoms with E-state index in [4.69, 9.17) is 0 Å². The topological polar surface area (TPSA) is 58.2 Å². The monoisotopic (exact) mass is 296 g/mol. The van der Waals surface area contributed by atoms with E-state index in [1.807, 2.05) is 31.2 Å². The Morgan fingerprint density at radius 2 is 2.10 bits per heavy atom. The van der Waals surface area contributed by atoms with Crippen LogP contribution in [-0.4, -0.2) is 26.8 Å². The summed E-state index contributed by atoms with van der Waals surface area (Å²) in [5.74, 6) is 0.183. The van der Waals surface area contributed by atoms with Crippen LogP contribution in [0.1, 0.15) is 38.2 Å². The summed E-state index contributed by atoms with van der Waals surface area (Å²) in [5.41, 5.74) is 1.75. The molecule has 1 aromatic rings. The quantitative estimate of drug-likeness (QED) is 0.848. The summed E-state index contributed by atoms with van der Waals surface area (Å²) >= 11 is 0. The van der Waals surface area contributed by atoms with Gasteiger partial charge in [-0.05, 0) is 43.9 Å². The van der Waals surface area contributed by atoms with Crippen molar-refractivity contribution in [1.29, 1.82) is 0 Å². The van der Waals surface area contributed by atoms with Gasteiger partial charge in [0.15, 0.2) is 0 Å². The average molecular weight is 296 g/mol. The van der Waals surface area contributed by atoms with E-state index in [-0.39, 0.29) is 5.75 Å². The van der Waals surface area contributed by atoms with Crippen LogP contribution in [0.5, 0.6) is 0 Å². The molecule has 1 saturated heterocycles. The van der Waals surface area contributed by atoms with Gasteiger partial charge in [-0.3, -0.25) is 4.72 Å². The molecule has 1 unspecified atom stereocenters. The first-order valence-corrected chi connectivity index (χ1v) is 9.08. The number of anilines is 1. The van der Waals surface area contributed by atoms with Gasteiger partial charge in [-0.1, -0.05) is 31.5 Å². The van der Waals surface area contributed by atoms with Crippen LogP contribution in [0.2, 0.25) is 0 Å². The maximum atomic E-state index is 12.2. The van der Waals surface area contributed by atoms with E-state index in [0.29, 0.717) is 18.2 Å². The van der Waals surface area contributed by atoms with Crippen molar-refractivity contribution in [2.45, 2.75) is 45.1 Å². The van der Waals surface area contributed by atoms with E-state index in [0.717, 1.165) is 24.9 Å². The largest absolute Gasteiger partial charge is 0.314 e. The van der Waals surface area contributed by atoms with Gasteiger partial charge in [-0.25, -0.2) is 8.42 Å². The van der Waals surface area contributed by atoms with Gasteiger partial charge in [0, 0.05) is 6.04 Å². The zero-order valence-electron chi connectivity index (χ0n) is 12.1. The van der Waals surface area contributed by atoms with Crippen molar-refractivity contribution in [3.63, 3.8) is 0 Å².